The Balaban J connectivity index is 2.26. The van der Waals surface area contributed by atoms with E-state index in [1.165, 1.54) is 0 Å². The first-order valence-electron chi connectivity index (χ1n) is 6.51. The predicted molar refractivity (Wildman–Crippen MR) is 74.5 cm³/mol. The van der Waals surface area contributed by atoms with E-state index < -0.39 is 5.60 Å². The fraction of sp³-hybridized carbons (Fsp3) is 0.533. The number of hydrogen-bond acceptors (Lipinski definition) is 3. The summed E-state index contributed by atoms with van der Waals surface area (Å²) in [5, 5.41) is 0. The molecule has 0 N–H and O–H groups in total. The number of benzene rings is 1. The Kier molecular flexibility index (Phi) is 3.80. The van der Waals surface area contributed by atoms with Crippen molar-refractivity contribution < 1.29 is 14.3 Å². The molecule has 1 amide bonds. The zero-order chi connectivity index (χ0) is 14.0. The van der Waals surface area contributed by atoms with Crippen LogP contribution in [0.2, 0.25) is 0 Å². The van der Waals surface area contributed by atoms with Crippen LogP contribution >= 0.6 is 0 Å². The van der Waals surface area contributed by atoms with Crippen LogP contribution in [-0.2, 0) is 15.9 Å². The van der Waals surface area contributed by atoms with Gasteiger partial charge in [-0.3, -0.25) is 4.90 Å². The van der Waals surface area contributed by atoms with E-state index in [0.29, 0.717) is 6.61 Å². The van der Waals surface area contributed by atoms with Crippen LogP contribution in [-0.4, -0.2) is 31.5 Å². The van der Waals surface area contributed by atoms with Gasteiger partial charge in [0, 0.05) is 7.11 Å². The molecule has 1 aromatic rings. The molecule has 0 radical (unpaired) electrons. The summed E-state index contributed by atoms with van der Waals surface area (Å²) in [4.78, 5) is 14.1. The molecule has 0 aliphatic carbocycles. The van der Waals surface area contributed by atoms with Crippen LogP contribution in [0.15, 0.2) is 24.3 Å². The Labute approximate surface area is 114 Å². The third-order valence-corrected chi connectivity index (χ3v) is 3.02. The monoisotopic (exact) mass is 263 g/mol. The first-order chi connectivity index (χ1) is 8.92. The smallest absolute Gasteiger partial charge is 0.415 e. The second-order valence-electron chi connectivity index (χ2n) is 5.79. The van der Waals surface area contributed by atoms with Crippen molar-refractivity contribution in [1.29, 1.82) is 0 Å². The van der Waals surface area contributed by atoms with Crippen LogP contribution < -0.4 is 4.90 Å². The molecular weight excluding hydrogens is 242 g/mol. The molecule has 4 heteroatoms. The molecule has 0 saturated heterocycles. The van der Waals surface area contributed by atoms with Gasteiger partial charge in [-0.2, -0.15) is 0 Å². The van der Waals surface area contributed by atoms with Crippen LogP contribution in [0.25, 0.3) is 0 Å². The number of amides is 1. The molecule has 0 saturated carbocycles. The molecule has 104 valence electrons. The summed E-state index contributed by atoms with van der Waals surface area (Å²) in [6, 6.07) is 7.93. The van der Waals surface area contributed by atoms with Crippen LogP contribution in [0.1, 0.15) is 26.3 Å². The molecule has 1 heterocycles. The highest BCUT2D eigenvalue weighted by Crippen LogP contribution is 2.33. The molecule has 0 bridgehead atoms. The van der Waals surface area contributed by atoms with E-state index in [1.54, 1.807) is 12.0 Å². The SMILES string of the molecule is COCC1Cc2ccccc2N1C(=O)OC(C)(C)C. The number of hydrogen-bond donors (Lipinski definition) is 0. The molecule has 0 spiro atoms. The van der Waals surface area contributed by atoms with E-state index in [2.05, 4.69) is 0 Å². The maximum Gasteiger partial charge on any atom is 0.415 e. The van der Waals surface area contributed by atoms with E-state index in [4.69, 9.17) is 9.47 Å². The summed E-state index contributed by atoms with van der Waals surface area (Å²) in [5.41, 5.74) is 1.60. The molecule has 1 aliphatic heterocycles. The summed E-state index contributed by atoms with van der Waals surface area (Å²) >= 11 is 0. The lowest BCUT2D eigenvalue weighted by Gasteiger charge is -2.28. The Bertz CT molecular complexity index is 465. The zero-order valence-corrected chi connectivity index (χ0v) is 12.0. The van der Waals surface area contributed by atoms with Gasteiger partial charge in [0.15, 0.2) is 0 Å². The van der Waals surface area contributed by atoms with Gasteiger partial charge in [0.2, 0.25) is 0 Å². The molecule has 2 rings (SSSR count). The lowest BCUT2D eigenvalue weighted by atomic mass is 10.1. The summed E-state index contributed by atoms with van der Waals surface area (Å²) in [6.45, 7) is 6.13. The number of nitrogens with zero attached hydrogens (tertiary/aromatic N) is 1. The molecule has 19 heavy (non-hydrogen) atoms. The van der Waals surface area contributed by atoms with Gasteiger partial charge in [0.05, 0.1) is 18.3 Å². The van der Waals surface area contributed by atoms with Gasteiger partial charge >= 0.3 is 6.09 Å². The standard InChI is InChI=1S/C15H21NO3/c1-15(2,3)19-14(17)16-12(10-18-4)9-11-7-5-6-8-13(11)16/h5-8,12H,9-10H2,1-4H3. The third-order valence-electron chi connectivity index (χ3n) is 3.02. The van der Waals surface area contributed by atoms with Crippen LogP contribution in [0, 0.1) is 0 Å². The number of para-hydroxylation sites is 1. The lowest BCUT2D eigenvalue weighted by Crippen LogP contribution is -2.43. The number of carbonyl (C=O) groups excluding carboxylic acids is 1. The number of anilines is 1. The number of methoxy groups -OCH3 is 1. The topological polar surface area (TPSA) is 38.8 Å². The quantitative estimate of drug-likeness (QED) is 0.823. The second-order valence-corrected chi connectivity index (χ2v) is 5.79. The zero-order valence-electron chi connectivity index (χ0n) is 12.0. The Hall–Kier alpha value is -1.55. The number of carbonyl (C=O) groups is 1. The van der Waals surface area contributed by atoms with Gasteiger partial charge < -0.3 is 9.47 Å². The largest absolute Gasteiger partial charge is 0.443 e. The van der Waals surface area contributed by atoms with Gasteiger partial charge in [-0.1, -0.05) is 18.2 Å². The van der Waals surface area contributed by atoms with Crippen molar-refractivity contribution in [2.24, 2.45) is 0 Å². The van der Waals surface area contributed by atoms with Crippen molar-refractivity contribution in [1.82, 2.24) is 0 Å². The fourth-order valence-electron chi connectivity index (χ4n) is 2.34. The molecule has 4 nitrogen and oxygen atoms in total. The van der Waals surface area contributed by atoms with Crippen molar-refractivity contribution in [2.45, 2.75) is 38.8 Å². The van der Waals surface area contributed by atoms with Gasteiger partial charge in [0.1, 0.15) is 5.60 Å². The molecule has 1 aliphatic rings. The van der Waals surface area contributed by atoms with Crippen LogP contribution in [0.3, 0.4) is 0 Å². The molecule has 1 atom stereocenters. The van der Waals surface area contributed by atoms with Gasteiger partial charge in [-0.25, -0.2) is 4.79 Å². The van der Waals surface area contributed by atoms with E-state index >= 15 is 0 Å². The molecule has 0 aromatic heterocycles. The van der Waals surface area contributed by atoms with Crippen LogP contribution in [0.4, 0.5) is 10.5 Å². The van der Waals surface area contributed by atoms with Crippen LogP contribution in [0.5, 0.6) is 0 Å². The average Bonchev–Trinajstić information content (AvgIpc) is 2.65. The van der Waals surface area contributed by atoms with E-state index in [0.717, 1.165) is 17.7 Å². The third kappa shape index (κ3) is 3.07. The highest BCUT2D eigenvalue weighted by atomic mass is 16.6. The van der Waals surface area contributed by atoms with Crippen molar-refractivity contribution in [2.75, 3.05) is 18.6 Å². The first kappa shape index (κ1) is 13.9. The van der Waals surface area contributed by atoms with E-state index in [9.17, 15) is 4.79 Å². The maximum absolute atomic E-state index is 12.4. The van der Waals surface area contributed by atoms with Crippen molar-refractivity contribution >= 4 is 11.8 Å². The predicted octanol–water partition coefficient (Wildman–Crippen LogP) is 3.00. The Morgan fingerprint density at radius 1 is 1.37 bits per heavy atom. The number of ether oxygens (including phenoxy) is 2. The van der Waals surface area contributed by atoms with E-state index in [1.807, 2.05) is 45.0 Å². The fourth-order valence-corrected chi connectivity index (χ4v) is 2.34. The van der Waals surface area contributed by atoms with Crippen molar-refractivity contribution in [3.05, 3.63) is 29.8 Å². The van der Waals surface area contributed by atoms with Gasteiger partial charge in [-0.05, 0) is 38.8 Å². The average molecular weight is 263 g/mol. The minimum atomic E-state index is -0.494. The summed E-state index contributed by atoms with van der Waals surface area (Å²) in [5.74, 6) is 0. The minimum Gasteiger partial charge on any atom is -0.443 e. The van der Waals surface area contributed by atoms with E-state index in [-0.39, 0.29) is 12.1 Å². The second kappa shape index (κ2) is 5.21. The highest BCUT2D eigenvalue weighted by Gasteiger charge is 2.36. The van der Waals surface area contributed by atoms with Gasteiger partial charge in [0.25, 0.3) is 0 Å². The molecule has 1 aromatic carbocycles. The number of rotatable bonds is 2. The van der Waals surface area contributed by atoms with Gasteiger partial charge in [-0.15, -0.1) is 0 Å². The molecule has 0 fully saturated rings. The van der Waals surface area contributed by atoms with Crippen molar-refractivity contribution in [3.63, 3.8) is 0 Å². The number of fused-ring (bicyclic) bond motifs is 1. The minimum absolute atomic E-state index is 0.0113. The molecule has 1 unspecified atom stereocenters. The summed E-state index contributed by atoms with van der Waals surface area (Å²) in [6.07, 6.45) is 0.503. The Morgan fingerprint density at radius 3 is 2.68 bits per heavy atom. The lowest BCUT2D eigenvalue weighted by molar-refractivity contribution is 0.0548. The maximum atomic E-state index is 12.4. The first-order valence-corrected chi connectivity index (χ1v) is 6.51. The molecular formula is C15H21NO3. The summed E-state index contributed by atoms with van der Waals surface area (Å²) in [7, 11) is 1.65. The Morgan fingerprint density at radius 2 is 2.05 bits per heavy atom. The summed E-state index contributed by atoms with van der Waals surface area (Å²) < 4.78 is 10.7. The highest BCUT2D eigenvalue weighted by molar-refractivity contribution is 5.91. The normalized spacial score (nSPS) is 18.3. The van der Waals surface area contributed by atoms with Crippen molar-refractivity contribution in [3.8, 4) is 0 Å².